The number of benzene rings is 1. The van der Waals surface area contributed by atoms with Crippen LogP contribution < -0.4 is 5.32 Å². The number of hydrogen-bond acceptors (Lipinski definition) is 4. The van der Waals surface area contributed by atoms with Gasteiger partial charge in [0.25, 0.3) is 5.91 Å². The molecular formula is C18H24N2O3. The van der Waals surface area contributed by atoms with Gasteiger partial charge in [-0.05, 0) is 42.5 Å². The van der Waals surface area contributed by atoms with Crippen molar-refractivity contribution in [3.05, 3.63) is 34.9 Å². The Kier molecular flexibility index (Phi) is 4.33. The highest BCUT2D eigenvalue weighted by Crippen LogP contribution is 2.23. The lowest BCUT2D eigenvalue weighted by Crippen LogP contribution is -2.54. The van der Waals surface area contributed by atoms with E-state index < -0.39 is 0 Å². The minimum absolute atomic E-state index is 0.0217. The second-order valence-corrected chi connectivity index (χ2v) is 6.67. The van der Waals surface area contributed by atoms with Crippen molar-refractivity contribution in [2.24, 2.45) is 0 Å². The summed E-state index contributed by atoms with van der Waals surface area (Å²) in [7, 11) is 0. The molecule has 3 aliphatic rings. The van der Waals surface area contributed by atoms with Crippen molar-refractivity contribution in [1.82, 2.24) is 10.2 Å². The number of ether oxygens (including phenoxy) is 2. The monoisotopic (exact) mass is 316 g/mol. The van der Waals surface area contributed by atoms with Crippen LogP contribution in [-0.2, 0) is 22.3 Å². The van der Waals surface area contributed by atoms with E-state index in [9.17, 15) is 4.79 Å². The van der Waals surface area contributed by atoms with Crippen LogP contribution in [0.1, 0.15) is 27.9 Å². The van der Waals surface area contributed by atoms with Gasteiger partial charge in [-0.2, -0.15) is 0 Å². The molecule has 23 heavy (non-hydrogen) atoms. The highest BCUT2D eigenvalue weighted by Gasteiger charge is 2.35. The highest BCUT2D eigenvalue weighted by molar-refractivity contribution is 5.94. The molecular weight excluding hydrogens is 292 g/mol. The van der Waals surface area contributed by atoms with Gasteiger partial charge >= 0.3 is 0 Å². The number of nitrogens with zero attached hydrogens (tertiary/aromatic N) is 1. The molecule has 1 aliphatic carbocycles. The van der Waals surface area contributed by atoms with E-state index in [0.717, 1.165) is 44.7 Å². The molecule has 124 valence electrons. The summed E-state index contributed by atoms with van der Waals surface area (Å²) < 4.78 is 11.1. The number of rotatable bonds is 3. The van der Waals surface area contributed by atoms with Crippen LogP contribution in [0.4, 0.5) is 0 Å². The number of hydrogen-bond donors (Lipinski definition) is 1. The van der Waals surface area contributed by atoms with E-state index in [1.807, 2.05) is 6.07 Å². The predicted molar refractivity (Wildman–Crippen MR) is 86.7 cm³/mol. The fourth-order valence-electron chi connectivity index (χ4n) is 3.91. The summed E-state index contributed by atoms with van der Waals surface area (Å²) in [5, 5.41) is 3.19. The minimum atomic E-state index is 0.0217. The summed E-state index contributed by atoms with van der Waals surface area (Å²) in [5.74, 6) is 0.0217. The van der Waals surface area contributed by atoms with E-state index in [2.05, 4.69) is 22.3 Å². The third-order valence-corrected chi connectivity index (χ3v) is 5.24. The number of amides is 1. The van der Waals surface area contributed by atoms with Gasteiger partial charge in [0.2, 0.25) is 0 Å². The van der Waals surface area contributed by atoms with Gasteiger partial charge < -0.3 is 14.8 Å². The first-order chi connectivity index (χ1) is 11.3. The quantitative estimate of drug-likeness (QED) is 0.904. The molecule has 2 saturated heterocycles. The van der Waals surface area contributed by atoms with Gasteiger partial charge in [0.05, 0.1) is 38.5 Å². The minimum Gasteiger partial charge on any atom is -0.379 e. The SMILES string of the molecule is O=C(N[C@H]1COC[C@@H]1N1CCOCC1)c1ccc2c(c1)CCC2. The maximum atomic E-state index is 12.6. The first-order valence-corrected chi connectivity index (χ1v) is 8.63. The molecule has 1 aromatic carbocycles. The third-order valence-electron chi connectivity index (χ3n) is 5.24. The Balaban J connectivity index is 1.43. The number of morpholine rings is 1. The molecule has 2 aliphatic heterocycles. The smallest absolute Gasteiger partial charge is 0.251 e. The average Bonchev–Trinajstić information content (AvgIpc) is 3.23. The van der Waals surface area contributed by atoms with Crippen molar-refractivity contribution in [2.45, 2.75) is 31.3 Å². The second-order valence-electron chi connectivity index (χ2n) is 6.67. The van der Waals surface area contributed by atoms with Crippen LogP contribution in [0.15, 0.2) is 18.2 Å². The Hall–Kier alpha value is -1.43. The first kappa shape index (κ1) is 15.1. The summed E-state index contributed by atoms with van der Waals surface area (Å²) in [6.07, 6.45) is 3.45. The van der Waals surface area contributed by atoms with Gasteiger partial charge in [-0.15, -0.1) is 0 Å². The van der Waals surface area contributed by atoms with Crippen LogP contribution in [0.25, 0.3) is 0 Å². The summed E-state index contributed by atoms with van der Waals surface area (Å²) in [6.45, 7) is 4.65. The van der Waals surface area contributed by atoms with E-state index in [1.165, 1.54) is 17.5 Å². The largest absolute Gasteiger partial charge is 0.379 e. The van der Waals surface area contributed by atoms with Crippen LogP contribution in [0, 0.1) is 0 Å². The summed E-state index contributed by atoms with van der Waals surface area (Å²) in [6, 6.07) is 6.46. The Bertz CT molecular complexity index is 584. The molecule has 2 heterocycles. The molecule has 1 N–H and O–H groups in total. The Morgan fingerprint density at radius 1 is 1.09 bits per heavy atom. The van der Waals surface area contributed by atoms with E-state index >= 15 is 0 Å². The van der Waals surface area contributed by atoms with E-state index in [1.54, 1.807) is 0 Å². The lowest BCUT2D eigenvalue weighted by molar-refractivity contribution is 0.0108. The Morgan fingerprint density at radius 2 is 1.91 bits per heavy atom. The van der Waals surface area contributed by atoms with Gasteiger partial charge in [-0.25, -0.2) is 0 Å². The topological polar surface area (TPSA) is 50.8 Å². The van der Waals surface area contributed by atoms with Crippen molar-refractivity contribution in [1.29, 1.82) is 0 Å². The molecule has 0 bridgehead atoms. The van der Waals surface area contributed by atoms with Crippen LogP contribution in [0.2, 0.25) is 0 Å². The van der Waals surface area contributed by atoms with Gasteiger partial charge in [-0.1, -0.05) is 6.07 Å². The van der Waals surface area contributed by atoms with E-state index in [0.29, 0.717) is 13.2 Å². The number of aryl methyl sites for hydroxylation is 2. The molecule has 0 unspecified atom stereocenters. The van der Waals surface area contributed by atoms with Crippen LogP contribution in [0.5, 0.6) is 0 Å². The van der Waals surface area contributed by atoms with Gasteiger partial charge in [0, 0.05) is 18.7 Å². The number of carbonyl (C=O) groups excluding carboxylic acids is 1. The van der Waals surface area contributed by atoms with Gasteiger partial charge in [0.1, 0.15) is 0 Å². The molecule has 1 aromatic rings. The fraction of sp³-hybridized carbons (Fsp3) is 0.611. The molecule has 5 nitrogen and oxygen atoms in total. The Morgan fingerprint density at radius 3 is 2.78 bits per heavy atom. The molecule has 2 atom stereocenters. The molecule has 5 heteroatoms. The second kappa shape index (κ2) is 6.59. The number of fused-ring (bicyclic) bond motifs is 1. The standard InChI is InChI=1S/C18H24N2O3/c21-18(15-5-4-13-2-1-3-14(13)10-15)19-16-11-23-12-17(16)20-6-8-22-9-7-20/h4-5,10,16-17H,1-3,6-9,11-12H2,(H,19,21)/t16-,17-/m0/s1. The zero-order valence-corrected chi connectivity index (χ0v) is 13.4. The zero-order valence-electron chi connectivity index (χ0n) is 13.4. The van der Waals surface area contributed by atoms with Crippen molar-refractivity contribution in [2.75, 3.05) is 39.5 Å². The molecule has 4 rings (SSSR count). The predicted octanol–water partition coefficient (Wildman–Crippen LogP) is 1.00. The lowest BCUT2D eigenvalue weighted by atomic mass is 10.0. The normalized spacial score (nSPS) is 27.8. The first-order valence-electron chi connectivity index (χ1n) is 8.63. The van der Waals surface area contributed by atoms with Crippen LogP contribution in [-0.4, -0.2) is 62.4 Å². The van der Waals surface area contributed by atoms with E-state index in [-0.39, 0.29) is 18.0 Å². The summed E-state index contributed by atoms with van der Waals surface area (Å²) in [4.78, 5) is 15.0. The summed E-state index contributed by atoms with van der Waals surface area (Å²) in [5.41, 5.74) is 3.51. The van der Waals surface area contributed by atoms with Crippen LogP contribution in [0.3, 0.4) is 0 Å². The Labute approximate surface area is 136 Å². The lowest BCUT2D eigenvalue weighted by Gasteiger charge is -2.34. The van der Waals surface area contributed by atoms with Crippen molar-refractivity contribution >= 4 is 5.91 Å². The summed E-state index contributed by atoms with van der Waals surface area (Å²) >= 11 is 0. The maximum absolute atomic E-state index is 12.6. The van der Waals surface area contributed by atoms with Crippen molar-refractivity contribution < 1.29 is 14.3 Å². The molecule has 0 saturated carbocycles. The molecule has 2 fully saturated rings. The molecule has 0 spiro atoms. The third kappa shape index (κ3) is 3.13. The number of carbonyl (C=O) groups is 1. The zero-order chi connectivity index (χ0) is 15.6. The van der Waals surface area contributed by atoms with Gasteiger partial charge in [0.15, 0.2) is 0 Å². The molecule has 0 aromatic heterocycles. The van der Waals surface area contributed by atoms with Crippen LogP contribution >= 0.6 is 0 Å². The van der Waals surface area contributed by atoms with Crippen molar-refractivity contribution in [3.63, 3.8) is 0 Å². The van der Waals surface area contributed by atoms with E-state index in [4.69, 9.17) is 9.47 Å². The average molecular weight is 316 g/mol. The molecule has 1 amide bonds. The fourth-order valence-corrected chi connectivity index (χ4v) is 3.91. The van der Waals surface area contributed by atoms with Gasteiger partial charge in [-0.3, -0.25) is 9.69 Å². The number of nitrogens with one attached hydrogen (secondary N) is 1. The van der Waals surface area contributed by atoms with Crippen molar-refractivity contribution in [3.8, 4) is 0 Å². The maximum Gasteiger partial charge on any atom is 0.251 e. The highest BCUT2D eigenvalue weighted by atomic mass is 16.5. The molecule has 0 radical (unpaired) electrons.